The molecule has 1 aromatic rings. The van der Waals surface area contributed by atoms with Gasteiger partial charge in [0.1, 0.15) is 5.69 Å². The summed E-state index contributed by atoms with van der Waals surface area (Å²) in [7, 11) is 0. The monoisotopic (exact) mass is 295 g/mol. The first-order chi connectivity index (χ1) is 10.0. The van der Waals surface area contributed by atoms with Crippen molar-refractivity contribution in [2.45, 2.75) is 13.8 Å². The van der Waals surface area contributed by atoms with Gasteiger partial charge in [0.2, 0.25) is 0 Å². The normalized spacial score (nSPS) is 10.5. The Bertz CT molecular complexity index is 503. The van der Waals surface area contributed by atoms with E-state index < -0.39 is 4.92 Å². The fourth-order valence-corrected chi connectivity index (χ4v) is 2.00. The van der Waals surface area contributed by atoms with Crippen molar-refractivity contribution < 1.29 is 9.72 Å². The fourth-order valence-electron chi connectivity index (χ4n) is 2.00. The van der Waals surface area contributed by atoms with Crippen molar-refractivity contribution in [2.75, 3.05) is 31.6 Å². The lowest BCUT2D eigenvalue weighted by molar-refractivity contribution is -0.384. The second-order valence-electron chi connectivity index (χ2n) is 4.38. The zero-order chi connectivity index (χ0) is 15.8. The van der Waals surface area contributed by atoms with Crippen LogP contribution in [0, 0.1) is 10.1 Å². The number of amides is 1. The lowest BCUT2D eigenvalue weighted by Crippen LogP contribution is -2.35. The molecule has 1 rings (SSSR count). The van der Waals surface area contributed by atoms with Gasteiger partial charge in [-0.2, -0.15) is 0 Å². The first-order valence-electron chi connectivity index (χ1n) is 6.79. The Labute approximate surface area is 123 Å². The Balaban J connectivity index is 2.78. The van der Waals surface area contributed by atoms with Gasteiger partial charge in [-0.3, -0.25) is 20.8 Å². The molecule has 0 unspecified atom stereocenters. The van der Waals surface area contributed by atoms with Gasteiger partial charge < -0.3 is 15.6 Å². The highest BCUT2D eigenvalue weighted by atomic mass is 16.6. The predicted octanol–water partition coefficient (Wildman–Crippen LogP) is 0.952. The number of benzene rings is 1. The number of nitrogens with two attached hydrogens (primary N) is 1. The van der Waals surface area contributed by atoms with Gasteiger partial charge in [0.25, 0.3) is 11.6 Å². The van der Waals surface area contributed by atoms with Gasteiger partial charge in [0.05, 0.1) is 10.5 Å². The average Bonchev–Trinajstić information content (AvgIpc) is 2.50. The SMILES string of the molecule is CCN(CC)CCNC(=O)c1cccc([N+](=O)[O-])c1NN. The number of nitro groups is 1. The molecule has 0 atom stereocenters. The third-order valence-electron chi connectivity index (χ3n) is 3.24. The number of hydrogen-bond donors (Lipinski definition) is 3. The third-order valence-corrected chi connectivity index (χ3v) is 3.24. The van der Waals surface area contributed by atoms with Crippen LogP contribution in [0.15, 0.2) is 18.2 Å². The van der Waals surface area contributed by atoms with Crippen LogP contribution < -0.4 is 16.6 Å². The predicted molar refractivity (Wildman–Crippen MR) is 81.0 cm³/mol. The lowest BCUT2D eigenvalue weighted by atomic mass is 10.1. The largest absolute Gasteiger partial charge is 0.351 e. The molecule has 0 saturated heterocycles. The molecule has 8 nitrogen and oxygen atoms in total. The van der Waals surface area contributed by atoms with Crippen LogP contribution in [0.2, 0.25) is 0 Å². The minimum absolute atomic E-state index is 0.0165. The molecule has 1 aromatic carbocycles. The summed E-state index contributed by atoms with van der Waals surface area (Å²) < 4.78 is 0. The summed E-state index contributed by atoms with van der Waals surface area (Å²) in [6.07, 6.45) is 0. The standard InChI is InChI=1S/C13H21N5O3/c1-3-17(4-2)9-8-15-13(19)10-6-5-7-11(18(20)21)12(10)16-14/h5-7,16H,3-4,8-9,14H2,1-2H3,(H,15,19). The fraction of sp³-hybridized carbons (Fsp3) is 0.462. The smallest absolute Gasteiger partial charge is 0.294 e. The van der Waals surface area contributed by atoms with Crippen LogP contribution in [0.25, 0.3) is 0 Å². The summed E-state index contributed by atoms with van der Waals surface area (Å²) in [4.78, 5) is 24.6. The number of hydrogen-bond acceptors (Lipinski definition) is 6. The molecular formula is C13H21N5O3. The number of anilines is 1. The molecule has 0 aliphatic rings. The number of nitrogens with zero attached hydrogens (tertiary/aromatic N) is 2. The van der Waals surface area contributed by atoms with E-state index in [9.17, 15) is 14.9 Å². The molecule has 8 heteroatoms. The number of nitrogens with one attached hydrogen (secondary N) is 2. The van der Waals surface area contributed by atoms with Crippen molar-refractivity contribution >= 4 is 17.3 Å². The second kappa shape index (κ2) is 8.18. The Morgan fingerprint density at radius 1 is 1.38 bits per heavy atom. The maximum atomic E-state index is 12.1. The Morgan fingerprint density at radius 2 is 2.05 bits per heavy atom. The van der Waals surface area contributed by atoms with Crippen molar-refractivity contribution in [3.05, 3.63) is 33.9 Å². The van der Waals surface area contributed by atoms with Gasteiger partial charge in [-0.15, -0.1) is 0 Å². The maximum absolute atomic E-state index is 12.1. The Kier molecular flexibility index (Phi) is 6.57. The highest BCUT2D eigenvalue weighted by Crippen LogP contribution is 2.27. The minimum atomic E-state index is -0.581. The van der Waals surface area contributed by atoms with Crippen molar-refractivity contribution in [1.29, 1.82) is 0 Å². The van der Waals surface area contributed by atoms with Crippen LogP contribution in [0.3, 0.4) is 0 Å². The number of carbonyl (C=O) groups excluding carboxylic acids is 1. The van der Waals surface area contributed by atoms with Crippen LogP contribution >= 0.6 is 0 Å². The van der Waals surface area contributed by atoms with Crippen LogP contribution in [0.4, 0.5) is 11.4 Å². The average molecular weight is 295 g/mol. The van der Waals surface area contributed by atoms with Gasteiger partial charge in [0.15, 0.2) is 0 Å². The summed E-state index contributed by atoms with van der Waals surface area (Å²) in [5, 5.41) is 13.6. The van der Waals surface area contributed by atoms with E-state index in [0.717, 1.165) is 19.6 Å². The van der Waals surface area contributed by atoms with Crippen LogP contribution in [0.5, 0.6) is 0 Å². The zero-order valence-electron chi connectivity index (χ0n) is 12.3. The highest BCUT2D eigenvalue weighted by molar-refractivity contribution is 6.01. The number of nitrogen functional groups attached to an aromatic ring is 1. The first kappa shape index (κ1) is 16.9. The van der Waals surface area contributed by atoms with E-state index >= 15 is 0 Å². The second-order valence-corrected chi connectivity index (χ2v) is 4.38. The van der Waals surface area contributed by atoms with Crippen molar-refractivity contribution in [3.63, 3.8) is 0 Å². The molecule has 0 saturated carbocycles. The van der Waals surface area contributed by atoms with Gasteiger partial charge in [0, 0.05) is 19.2 Å². The minimum Gasteiger partial charge on any atom is -0.351 e. The van der Waals surface area contributed by atoms with Crippen LogP contribution in [-0.4, -0.2) is 41.9 Å². The van der Waals surface area contributed by atoms with Crippen molar-refractivity contribution in [2.24, 2.45) is 5.84 Å². The van der Waals surface area contributed by atoms with Crippen LogP contribution in [-0.2, 0) is 0 Å². The summed E-state index contributed by atoms with van der Waals surface area (Å²) in [6.45, 7) is 7.08. The molecule has 21 heavy (non-hydrogen) atoms. The Morgan fingerprint density at radius 3 is 2.57 bits per heavy atom. The van der Waals surface area contributed by atoms with Gasteiger partial charge >= 0.3 is 0 Å². The number of para-hydroxylation sites is 1. The molecule has 0 spiro atoms. The summed E-state index contributed by atoms with van der Waals surface area (Å²) >= 11 is 0. The molecular weight excluding hydrogens is 274 g/mol. The topological polar surface area (TPSA) is 114 Å². The van der Waals surface area contributed by atoms with Crippen molar-refractivity contribution in [3.8, 4) is 0 Å². The molecule has 0 aliphatic carbocycles. The highest BCUT2D eigenvalue weighted by Gasteiger charge is 2.20. The number of rotatable bonds is 8. The first-order valence-corrected chi connectivity index (χ1v) is 6.79. The molecule has 0 aromatic heterocycles. The van der Waals surface area contributed by atoms with E-state index in [2.05, 4.69) is 15.6 Å². The quantitative estimate of drug-likeness (QED) is 0.374. The molecule has 4 N–H and O–H groups in total. The summed E-state index contributed by atoms with van der Waals surface area (Å²) in [6, 6.07) is 4.25. The molecule has 0 fully saturated rings. The summed E-state index contributed by atoms with van der Waals surface area (Å²) in [5.74, 6) is 4.91. The van der Waals surface area contributed by atoms with Gasteiger partial charge in [-0.25, -0.2) is 0 Å². The van der Waals surface area contributed by atoms with E-state index in [0.29, 0.717) is 6.54 Å². The van der Waals surface area contributed by atoms with E-state index in [-0.39, 0.29) is 22.8 Å². The number of nitro benzene ring substituents is 1. The third kappa shape index (κ3) is 4.40. The molecule has 0 heterocycles. The van der Waals surface area contributed by atoms with Gasteiger partial charge in [-0.05, 0) is 19.2 Å². The van der Waals surface area contributed by atoms with E-state index in [1.54, 1.807) is 0 Å². The lowest BCUT2D eigenvalue weighted by Gasteiger charge is -2.18. The molecule has 1 amide bonds. The summed E-state index contributed by atoms with van der Waals surface area (Å²) in [5.41, 5.74) is 2.18. The zero-order valence-corrected chi connectivity index (χ0v) is 12.3. The molecule has 0 aliphatic heterocycles. The number of hydrazine groups is 1. The molecule has 0 radical (unpaired) electrons. The molecule has 116 valence electrons. The van der Waals surface area contributed by atoms with Gasteiger partial charge in [-0.1, -0.05) is 19.9 Å². The van der Waals surface area contributed by atoms with E-state index in [1.165, 1.54) is 18.2 Å². The Hall–Kier alpha value is -2.19. The number of carbonyl (C=O) groups is 1. The van der Waals surface area contributed by atoms with Crippen molar-refractivity contribution in [1.82, 2.24) is 10.2 Å². The number of likely N-dealkylation sites (N-methyl/N-ethyl adjacent to an activating group) is 1. The van der Waals surface area contributed by atoms with E-state index in [1.807, 2.05) is 13.8 Å². The van der Waals surface area contributed by atoms with E-state index in [4.69, 9.17) is 5.84 Å². The van der Waals surface area contributed by atoms with Crippen LogP contribution in [0.1, 0.15) is 24.2 Å². The maximum Gasteiger partial charge on any atom is 0.294 e. The molecule has 0 bridgehead atoms.